The first-order valence-electron chi connectivity index (χ1n) is 9.80. The Morgan fingerprint density at radius 3 is 2.52 bits per heavy atom. The molecule has 2 amide bonds. The Morgan fingerprint density at radius 2 is 1.86 bits per heavy atom. The number of piperidine rings is 1. The molecule has 1 aromatic carbocycles. The van der Waals surface area contributed by atoms with E-state index in [4.69, 9.17) is 9.47 Å². The zero-order valence-corrected chi connectivity index (χ0v) is 17.1. The Labute approximate surface area is 171 Å². The topological polar surface area (TPSA) is 80.8 Å². The lowest BCUT2D eigenvalue weighted by Crippen LogP contribution is -2.51. The maximum absolute atomic E-state index is 12.8. The summed E-state index contributed by atoms with van der Waals surface area (Å²) in [4.78, 5) is 30.9. The van der Waals surface area contributed by atoms with Crippen LogP contribution in [0, 0.1) is 0 Å². The van der Waals surface area contributed by atoms with Crippen molar-refractivity contribution >= 4 is 17.7 Å². The monoisotopic (exact) mass is 397 g/mol. The fourth-order valence-electron chi connectivity index (χ4n) is 3.12. The Balaban J connectivity index is 1.62. The molecule has 1 fully saturated rings. The highest BCUT2D eigenvalue weighted by Gasteiger charge is 2.34. The number of carbonyl (C=O) groups is 2. The summed E-state index contributed by atoms with van der Waals surface area (Å²) < 4.78 is 11.2. The van der Waals surface area contributed by atoms with Crippen molar-refractivity contribution in [2.75, 3.05) is 11.9 Å². The molecular formula is C22H27N3O4. The molecule has 1 saturated heterocycles. The van der Waals surface area contributed by atoms with Gasteiger partial charge in [-0.15, -0.1) is 0 Å². The first kappa shape index (κ1) is 20.6. The molecule has 0 saturated carbocycles. The van der Waals surface area contributed by atoms with Crippen LogP contribution >= 0.6 is 0 Å². The van der Waals surface area contributed by atoms with Crippen LogP contribution in [0.4, 0.5) is 10.5 Å². The normalized spacial score (nSPS) is 16.8. The Kier molecular flexibility index (Phi) is 6.36. The molecule has 0 bridgehead atoms. The molecule has 0 radical (unpaired) electrons. The van der Waals surface area contributed by atoms with Crippen molar-refractivity contribution in [3.8, 4) is 11.5 Å². The quantitative estimate of drug-likeness (QED) is 0.815. The maximum Gasteiger partial charge on any atom is 0.410 e. The summed E-state index contributed by atoms with van der Waals surface area (Å²) in [6.07, 6.45) is 5.24. The number of nitrogens with one attached hydrogen (secondary N) is 1. The first-order valence-corrected chi connectivity index (χ1v) is 9.80. The molecule has 2 aromatic rings. The Morgan fingerprint density at radius 1 is 1.10 bits per heavy atom. The average Bonchev–Trinajstić information content (AvgIpc) is 2.69. The van der Waals surface area contributed by atoms with Gasteiger partial charge < -0.3 is 14.8 Å². The van der Waals surface area contributed by atoms with Crippen molar-refractivity contribution in [2.24, 2.45) is 0 Å². The lowest BCUT2D eigenvalue weighted by molar-refractivity contribution is -0.122. The molecule has 1 aromatic heterocycles. The summed E-state index contributed by atoms with van der Waals surface area (Å²) in [5, 5.41) is 2.89. The van der Waals surface area contributed by atoms with Crippen LogP contribution in [-0.4, -0.2) is 40.1 Å². The van der Waals surface area contributed by atoms with E-state index in [2.05, 4.69) is 10.3 Å². The number of carbonyl (C=O) groups excluding carboxylic acids is 2. The van der Waals surface area contributed by atoms with Crippen LogP contribution in [0.1, 0.15) is 40.0 Å². The van der Waals surface area contributed by atoms with Crippen molar-refractivity contribution in [2.45, 2.75) is 51.7 Å². The number of benzene rings is 1. The maximum atomic E-state index is 12.8. The lowest BCUT2D eigenvalue weighted by Gasteiger charge is -2.35. The standard InChI is InChI=1S/C22H27N3O4/c1-22(2,3)29-21(27)25-14-5-4-8-19(25)20(26)24-16-9-11-17(12-10-16)28-18-7-6-13-23-15-18/h6-7,9-13,15,19H,4-5,8,14H2,1-3H3,(H,24,26)/t19-/m1/s1. The van der Waals surface area contributed by atoms with Gasteiger partial charge in [-0.3, -0.25) is 14.7 Å². The largest absolute Gasteiger partial charge is 0.456 e. The number of likely N-dealkylation sites (tertiary alicyclic amines) is 1. The number of hydrogen-bond acceptors (Lipinski definition) is 5. The van der Waals surface area contributed by atoms with Gasteiger partial charge in [-0.25, -0.2) is 4.79 Å². The predicted molar refractivity (Wildman–Crippen MR) is 110 cm³/mol. The summed E-state index contributed by atoms with van der Waals surface area (Å²) in [7, 11) is 0. The fourth-order valence-corrected chi connectivity index (χ4v) is 3.12. The number of rotatable bonds is 4. The van der Waals surface area contributed by atoms with E-state index in [1.807, 2.05) is 26.8 Å². The Hall–Kier alpha value is -3.09. The van der Waals surface area contributed by atoms with Gasteiger partial charge >= 0.3 is 6.09 Å². The molecule has 0 unspecified atom stereocenters. The minimum absolute atomic E-state index is 0.212. The fraction of sp³-hybridized carbons (Fsp3) is 0.409. The van der Waals surface area contributed by atoms with Crippen LogP contribution in [0.2, 0.25) is 0 Å². The third-order valence-electron chi connectivity index (χ3n) is 4.43. The van der Waals surface area contributed by atoms with Crippen molar-refractivity contribution in [1.82, 2.24) is 9.88 Å². The number of aromatic nitrogens is 1. The van der Waals surface area contributed by atoms with Crippen molar-refractivity contribution in [1.29, 1.82) is 0 Å². The second kappa shape index (κ2) is 8.94. The number of anilines is 1. The van der Waals surface area contributed by atoms with Crippen molar-refractivity contribution < 1.29 is 19.1 Å². The van der Waals surface area contributed by atoms with E-state index >= 15 is 0 Å². The lowest BCUT2D eigenvalue weighted by atomic mass is 10.0. The van der Waals surface area contributed by atoms with E-state index in [1.165, 1.54) is 4.90 Å². The second-order valence-electron chi connectivity index (χ2n) is 7.99. The molecular weight excluding hydrogens is 370 g/mol. The van der Waals surface area contributed by atoms with Crippen molar-refractivity contribution in [3.05, 3.63) is 48.8 Å². The number of ether oxygens (including phenoxy) is 2. The van der Waals surface area contributed by atoms with Crippen LogP contribution in [0.15, 0.2) is 48.8 Å². The van der Waals surface area contributed by atoms with E-state index in [0.717, 1.165) is 12.8 Å². The third-order valence-corrected chi connectivity index (χ3v) is 4.43. The molecule has 1 N–H and O–H groups in total. The Bertz CT molecular complexity index is 831. The van der Waals surface area contributed by atoms with E-state index < -0.39 is 17.7 Å². The summed E-state index contributed by atoms with van der Waals surface area (Å²) in [6, 6.07) is 10.2. The smallest absolute Gasteiger partial charge is 0.410 e. The highest BCUT2D eigenvalue weighted by atomic mass is 16.6. The van der Waals surface area contributed by atoms with Gasteiger partial charge in [-0.1, -0.05) is 0 Å². The van der Waals surface area contributed by atoms with Gasteiger partial charge in [0, 0.05) is 18.4 Å². The second-order valence-corrected chi connectivity index (χ2v) is 7.99. The van der Waals surface area contributed by atoms with Crippen LogP contribution in [0.25, 0.3) is 0 Å². The zero-order chi connectivity index (χ0) is 20.9. The summed E-state index contributed by atoms with van der Waals surface area (Å²) in [5.74, 6) is 1.07. The highest BCUT2D eigenvalue weighted by Crippen LogP contribution is 2.24. The molecule has 154 valence electrons. The highest BCUT2D eigenvalue weighted by molar-refractivity contribution is 5.96. The van der Waals surface area contributed by atoms with Crippen LogP contribution in [-0.2, 0) is 9.53 Å². The van der Waals surface area contributed by atoms with E-state index in [-0.39, 0.29) is 5.91 Å². The SMILES string of the molecule is CC(C)(C)OC(=O)N1CCCC[C@@H]1C(=O)Nc1ccc(Oc2cccnc2)cc1. The number of nitrogens with zero attached hydrogens (tertiary/aromatic N) is 2. The molecule has 3 rings (SSSR count). The average molecular weight is 397 g/mol. The minimum atomic E-state index is -0.598. The molecule has 0 aliphatic carbocycles. The zero-order valence-electron chi connectivity index (χ0n) is 17.1. The summed E-state index contributed by atoms with van der Waals surface area (Å²) in [6.45, 7) is 5.97. The molecule has 29 heavy (non-hydrogen) atoms. The van der Waals surface area contributed by atoms with Gasteiger partial charge in [-0.2, -0.15) is 0 Å². The van der Waals surface area contributed by atoms with E-state index in [9.17, 15) is 9.59 Å². The van der Waals surface area contributed by atoms with Crippen LogP contribution in [0.5, 0.6) is 11.5 Å². The summed E-state index contributed by atoms with van der Waals surface area (Å²) >= 11 is 0. The number of pyridine rings is 1. The van der Waals surface area contributed by atoms with Gasteiger partial charge in [0.15, 0.2) is 0 Å². The molecule has 1 atom stereocenters. The molecule has 1 aliphatic rings. The predicted octanol–water partition coefficient (Wildman–Crippen LogP) is 4.60. The van der Waals surface area contributed by atoms with Crippen molar-refractivity contribution in [3.63, 3.8) is 0 Å². The van der Waals surface area contributed by atoms with E-state index in [0.29, 0.717) is 30.2 Å². The summed E-state index contributed by atoms with van der Waals surface area (Å²) in [5.41, 5.74) is 0.0443. The molecule has 2 heterocycles. The van der Waals surface area contributed by atoms with Gasteiger partial charge in [-0.05, 0) is 76.4 Å². The molecule has 7 nitrogen and oxygen atoms in total. The van der Waals surface area contributed by atoms with Gasteiger partial charge in [0.05, 0.1) is 6.20 Å². The van der Waals surface area contributed by atoms with Gasteiger partial charge in [0.2, 0.25) is 5.91 Å². The van der Waals surface area contributed by atoms with Gasteiger partial charge in [0.1, 0.15) is 23.1 Å². The van der Waals surface area contributed by atoms with Crippen LogP contribution < -0.4 is 10.1 Å². The molecule has 0 spiro atoms. The number of hydrogen-bond donors (Lipinski definition) is 1. The minimum Gasteiger partial charge on any atom is -0.456 e. The molecule has 1 aliphatic heterocycles. The van der Waals surface area contributed by atoms with Crippen LogP contribution in [0.3, 0.4) is 0 Å². The molecule has 7 heteroatoms. The third kappa shape index (κ3) is 5.94. The van der Waals surface area contributed by atoms with Gasteiger partial charge in [0.25, 0.3) is 0 Å². The number of amides is 2. The van der Waals surface area contributed by atoms with E-state index in [1.54, 1.807) is 42.7 Å². The first-order chi connectivity index (χ1) is 13.8.